The van der Waals surface area contributed by atoms with Gasteiger partial charge >= 0.3 is 0 Å². The zero-order valence-electron chi connectivity index (χ0n) is 9.93. The Morgan fingerprint density at radius 1 is 1.44 bits per heavy atom. The lowest BCUT2D eigenvalue weighted by Crippen LogP contribution is -2.35. The van der Waals surface area contributed by atoms with E-state index in [1.165, 1.54) is 0 Å². The molecule has 1 aromatic rings. The molecule has 1 unspecified atom stereocenters. The van der Waals surface area contributed by atoms with Crippen LogP contribution in [0.1, 0.15) is 22.3 Å². The van der Waals surface area contributed by atoms with Crippen molar-refractivity contribution in [1.29, 1.82) is 0 Å². The van der Waals surface area contributed by atoms with Crippen molar-refractivity contribution in [2.45, 2.75) is 19.0 Å². The van der Waals surface area contributed by atoms with Crippen LogP contribution in [0.5, 0.6) is 0 Å². The lowest BCUT2D eigenvalue weighted by molar-refractivity contribution is 0.0941. The van der Waals surface area contributed by atoms with Gasteiger partial charge in [-0.1, -0.05) is 12.1 Å². The molecular weight excluding hydrogens is 252 g/mol. The van der Waals surface area contributed by atoms with E-state index in [0.717, 1.165) is 5.56 Å². The third-order valence-electron chi connectivity index (χ3n) is 2.99. The second-order valence-corrected chi connectivity index (χ2v) is 6.71. The number of rotatable bonds is 3. The van der Waals surface area contributed by atoms with E-state index in [1.54, 1.807) is 18.2 Å². The van der Waals surface area contributed by atoms with Crippen molar-refractivity contribution < 1.29 is 13.2 Å². The Labute approximate surface area is 106 Å². The normalized spacial score (nSPS) is 21.7. The van der Waals surface area contributed by atoms with E-state index in [4.69, 9.17) is 5.73 Å². The van der Waals surface area contributed by atoms with Crippen molar-refractivity contribution in [2.75, 3.05) is 11.5 Å². The first kappa shape index (κ1) is 13.0. The second-order valence-electron chi connectivity index (χ2n) is 4.48. The fraction of sp³-hybridized carbons (Fsp3) is 0.417. The molecule has 2 rings (SSSR count). The monoisotopic (exact) mass is 268 g/mol. The van der Waals surface area contributed by atoms with Gasteiger partial charge in [-0.2, -0.15) is 0 Å². The lowest BCUT2D eigenvalue weighted by Gasteiger charge is -2.11. The number of carbonyl (C=O) groups is 1. The molecule has 18 heavy (non-hydrogen) atoms. The molecule has 0 radical (unpaired) electrons. The summed E-state index contributed by atoms with van der Waals surface area (Å²) in [5, 5.41) is 2.74. The highest BCUT2D eigenvalue weighted by Gasteiger charge is 2.29. The number of nitrogens with two attached hydrogens (primary N) is 1. The molecule has 1 heterocycles. The SMILES string of the molecule is NCc1cccc(C(=O)NC2CCS(=O)(=O)C2)c1. The molecule has 1 atom stereocenters. The van der Waals surface area contributed by atoms with Gasteiger partial charge in [0.15, 0.2) is 9.84 Å². The Balaban J connectivity index is 2.04. The van der Waals surface area contributed by atoms with Gasteiger partial charge in [0.1, 0.15) is 0 Å². The Kier molecular flexibility index (Phi) is 3.68. The average Bonchev–Trinajstić information content (AvgIpc) is 2.68. The molecule has 98 valence electrons. The Morgan fingerprint density at radius 3 is 2.83 bits per heavy atom. The van der Waals surface area contributed by atoms with Crippen LogP contribution in [-0.4, -0.2) is 31.9 Å². The molecule has 1 amide bonds. The topological polar surface area (TPSA) is 89.3 Å². The van der Waals surface area contributed by atoms with E-state index in [-0.39, 0.29) is 23.5 Å². The molecule has 0 bridgehead atoms. The van der Waals surface area contributed by atoms with Gasteiger partial charge in [0.2, 0.25) is 0 Å². The van der Waals surface area contributed by atoms with Crippen LogP contribution in [0.15, 0.2) is 24.3 Å². The minimum atomic E-state index is -2.97. The summed E-state index contributed by atoms with van der Waals surface area (Å²) in [6, 6.07) is 6.75. The van der Waals surface area contributed by atoms with Crippen molar-refractivity contribution in [3.8, 4) is 0 Å². The van der Waals surface area contributed by atoms with Gasteiger partial charge in [0.05, 0.1) is 11.5 Å². The first-order valence-electron chi connectivity index (χ1n) is 5.80. The molecule has 1 fully saturated rings. The molecule has 0 spiro atoms. The molecule has 5 nitrogen and oxygen atoms in total. The van der Waals surface area contributed by atoms with E-state index >= 15 is 0 Å². The van der Waals surface area contributed by atoms with Gasteiger partial charge in [0.25, 0.3) is 5.91 Å². The number of nitrogens with one attached hydrogen (secondary N) is 1. The highest BCUT2D eigenvalue weighted by Crippen LogP contribution is 2.12. The third-order valence-corrected chi connectivity index (χ3v) is 4.76. The number of hydrogen-bond acceptors (Lipinski definition) is 4. The fourth-order valence-electron chi connectivity index (χ4n) is 2.02. The Hall–Kier alpha value is -1.40. The lowest BCUT2D eigenvalue weighted by atomic mass is 10.1. The maximum atomic E-state index is 11.9. The fourth-order valence-corrected chi connectivity index (χ4v) is 3.69. The van der Waals surface area contributed by atoms with Gasteiger partial charge in [-0.05, 0) is 24.1 Å². The van der Waals surface area contributed by atoms with Gasteiger partial charge in [0, 0.05) is 18.2 Å². The highest BCUT2D eigenvalue weighted by molar-refractivity contribution is 7.91. The zero-order valence-corrected chi connectivity index (χ0v) is 10.7. The minimum Gasteiger partial charge on any atom is -0.348 e. The molecule has 0 aromatic heterocycles. The van der Waals surface area contributed by atoms with Crippen molar-refractivity contribution in [3.05, 3.63) is 35.4 Å². The number of benzene rings is 1. The zero-order chi connectivity index (χ0) is 13.2. The van der Waals surface area contributed by atoms with Crippen LogP contribution in [0.3, 0.4) is 0 Å². The smallest absolute Gasteiger partial charge is 0.251 e. The van der Waals surface area contributed by atoms with Crippen molar-refractivity contribution in [2.24, 2.45) is 5.73 Å². The van der Waals surface area contributed by atoms with E-state index < -0.39 is 9.84 Å². The Morgan fingerprint density at radius 2 is 2.22 bits per heavy atom. The predicted octanol–water partition coefficient (Wildman–Crippen LogP) is 0.0622. The predicted molar refractivity (Wildman–Crippen MR) is 68.9 cm³/mol. The molecule has 1 aliphatic rings. The number of hydrogen-bond donors (Lipinski definition) is 2. The van der Waals surface area contributed by atoms with Gasteiger partial charge in [-0.25, -0.2) is 8.42 Å². The third kappa shape index (κ3) is 3.08. The van der Waals surface area contributed by atoms with Crippen LogP contribution >= 0.6 is 0 Å². The van der Waals surface area contributed by atoms with Crippen molar-refractivity contribution >= 4 is 15.7 Å². The number of carbonyl (C=O) groups excluding carboxylic acids is 1. The van der Waals surface area contributed by atoms with E-state index in [0.29, 0.717) is 18.5 Å². The van der Waals surface area contributed by atoms with Crippen LogP contribution in [0, 0.1) is 0 Å². The van der Waals surface area contributed by atoms with Gasteiger partial charge in [-0.15, -0.1) is 0 Å². The second kappa shape index (κ2) is 5.07. The Bertz CT molecular complexity index is 554. The number of sulfone groups is 1. The largest absolute Gasteiger partial charge is 0.348 e. The summed E-state index contributed by atoms with van der Waals surface area (Å²) >= 11 is 0. The van der Waals surface area contributed by atoms with Gasteiger partial charge in [-0.3, -0.25) is 4.79 Å². The van der Waals surface area contributed by atoms with Crippen LogP contribution in [0.2, 0.25) is 0 Å². The summed E-state index contributed by atoms with van der Waals surface area (Å²) in [6.45, 7) is 0.374. The summed E-state index contributed by atoms with van der Waals surface area (Å²) in [7, 11) is -2.97. The van der Waals surface area contributed by atoms with Crippen molar-refractivity contribution in [1.82, 2.24) is 5.32 Å². The van der Waals surface area contributed by atoms with E-state index in [1.807, 2.05) is 6.07 Å². The van der Waals surface area contributed by atoms with Gasteiger partial charge < -0.3 is 11.1 Å². The molecule has 1 aromatic carbocycles. The number of amides is 1. The van der Waals surface area contributed by atoms with E-state index in [9.17, 15) is 13.2 Å². The van der Waals surface area contributed by atoms with E-state index in [2.05, 4.69) is 5.32 Å². The minimum absolute atomic E-state index is 0.0370. The van der Waals surface area contributed by atoms with Crippen LogP contribution in [-0.2, 0) is 16.4 Å². The quantitative estimate of drug-likeness (QED) is 0.811. The van der Waals surface area contributed by atoms with Crippen LogP contribution < -0.4 is 11.1 Å². The molecule has 1 saturated heterocycles. The van der Waals surface area contributed by atoms with Crippen LogP contribution in [0.25, 0.3) is 0 Å². The summed E-state index contributed by atoms with van der Waals surface area (Å²) < 4.78 is 22.6. The first-order valence-corrected chi connectivity index (χ1v) is 7.62. The molecule has 6 heteroatoms. The highest BCUT2D eigenvalue weighted by atomic mass is 32.2. The average molecular weight is 268 g/mol. The molecule has 0 saturated carbocycles. The summed E-state index contributed by atoms with van der Waals surface area (Å²) in [6.07, 6.45) is 0.491. The molecule has 0 aliphatic carbocycles. The maximum absolute atomic E-state index is 11.9. The summed E-state index contributed by atoms with van der Waals surface area (Å²) in [4.78, 5) is 11.9. The molecular formula is C12H16N2O3S. The summed E-state index contributed by atoms with van der Waals surface area (Å²) in [5.41, 5.74) is 6.90. The van der Waals surface area contributed by atoms with Crippen LogP contribution in [0.4, 0.5) is 0 Å². The standard InChI is InChI=1S/C12H16N2O3S/c13-7-9-2-1-3-10(6-9)12(15)14-11-4-5-18(16,17)8-11/h1-3,6,11H,4-5,7-8,13H2,(H,14,15). The molecule has 3 N–H and O–H groups in total. The summed E-state index contributed by atoms with van der Waals surface area (Å²) in [5.74, 6) is -0.0526. The van der Waals surface area contributed by atoms with Crippen molar-refractivity contribution in [3.63, 3.8) is 0 Å². The maximum Gasteiger partial charge on any atom is 0.251 e. The first-order chi connectivity index (χ1) is 8.50. The molecule has 1 aliphatic heterocycles.